The lowest BCUT2D eigenvalue weighted by molar-refractivity contribution is -0.121. The smallest absolute Gasteiger partial charge is 0.225 e. The quantitative estimate of drug-likeness (QED) is 0.868. The first-order valence-corrected chi connectivity index (χ1v) is 7.66. The molecule has 0 spiro atoms. The molecule has 0 saturated carbocycles. The van der Waals surface area contributed by atoms with Crippen molar-refractivity contribution < 1.29 is 13.9 Å². The number of carbonyl (C=O) groups excluding carboxylic acids is 1. The van der Waals surface area contributed by atoms with Crippen LogP contribution in [0.25, 0.3) is 0 Å². The van der Waals surface area contributed by atoms with Gasteiger partial charge in [0.25, 0.3) is 0 Å². The number of nitrogens with one attached hydrogen (secondary N) is 1. The van der Waals surface area contributed by atoms with Crippen LogP contribution in [0, 0.1) is 5.82 Å². The number of rotatable bonds is 5. The van der Waals surface area contributed by atoms with Crippen LogP contribution in [-0.2, 0) is 11.2 Å². The van der Waals surface area contributed by atoms with Crippen LogP contribution in [0.4, 0.5) is 4.39 Å². The van der Waals surface area contributed by atoms with Crippen LogP contribution in [0.1, 0.15) is 24.1 Å². The molecule has 2 rings (SSSR count). The maximum Gasteiger partial charge on any atom is 0.225 e. The van der Waals surface area contributed by atoms with Gasteiger partial charge in [-0.05, 0) is 52.2 Å². The van der Waals surface area contributed by atoms with Crippen molar-refractivity contribution in [2.24, 2.45) is 0 Å². The summed E-state index contributed by atoms with van der Waals surface area (Å²) in [6, 6.07) is 11.7. The molecule has 116 valence electrons. The molecule has 2 aromatic rings. The van der Waals surface area contributed by atoms with Gasteiger partial charge in [0.2, 0.25) is 5.91 Å². The number of methoxy groups -OCH3 is 1. The highest BCUT2D eigenvalue weighted by Gasteiger charge is 2.13. The van der Waals surface area contributed by atoms with Crippen LogP contribution >= 0.6 is 15.9 Å². The molecule has 0 aromatic heterocycles. The first-order valence-electron chi connectivity index (χ1n) is 6.87. The number of ether oxygens (including phenoxy) is 1. The summed E-state index contributed by atoms with van der Waals surface area (Å²) in [6.07, 6.45) is 0.0222. The highest BCUT2D eigenvalue weighted by atomic mass is 79.9. The van der Waals surface area contributed by atoms with E-state index >= 15 is 0 Å². The van der Waals surface area contributed by atoms with Gasteiger partial charge in [-0.15, -0.1) is 0 Å². The average Bonchev–Trinajstić information content (AvgIpc) is 2.49. The zero-order valence-electron chi connectivity index (χ0n) is 12.4. The SMILES string of the molecule is COc1ccc(C(C)NC(=O)Cc2ccccc2F)cc1Br. The number of carbonyl (C=O) groups is 1. The predicted octanol–water partition coefficient (Wildman–Crippen LogP) is 4.02. The minimum absolute atomic E-state index is 0.0222. The molecule has 1 N–H and O–H groups in total. The molecule has 0 heterocycles. The molecule has 1 unspecified atom stereocenters. The van der Waals surface area contributed by atoms with Crippen molar-refractivity contribution in [3.05, 3.63) is 63.9 Å². The minimum atomic E-state index is -0.363. The molecule has 2 aromatic carbocycles. The summed E-state index contributed by atoms with van der Waals surface area (Å²) >= 11 is 3.42. The highest BCUT2D eigenvalue weighted by molar-refractivity contribution is 9.10. The van der Waals surface area contributed by atoms with E-state index in [-0.39, 0.29) is 24.2 Å². The predicted molar refractivity (Wildman–Crippen MR) is 87.4 cm³/mol. The minimum Gasteiger partial charge on any atom is -0.496 e. The monoisotopic (exact) mass is 365 g/mol. The van der Waals surface area contributed by atoms with Gasteiger partial charge < -0.3 is 10.1 Å². The Labute approximate surface area is 137 Å². The Balaban J connectivity index is 2.02. The average molecular weight is 366 g/mol. The third kappa shape index (κ3) is 4.07. The molecular formula is C17H17BrFNO2. The highest BCUT2D eigenvalue weighted by Crippen LogP contribution is 2.28. The number of halogens is 2. The number of benzene rings is 2. The Morgan fingerprint density at radius 3 is 2.68 bits per heavy atom. The zero-order chi connectivity index (χ0) is 16.1. The molecule has 0 bridgehead atoms. The van der Waals surface area contributed by atoms with Crippen molar-refractivity contribution in [3.8, 4) is 5.75 Å². The van der Waals surface area contributed by atoms with Crippen LogP contribution < -0.4 is 10.1 Å². The maximum absolute atomic E-state index is 13.5. The maximum atomic E-state index is 13.5. The molecule has 0 saturated heterocycles. The lowest BCUT2D eigenvalue weighted by Gasteiger charge is -2.16. The van der Waals surface area contributed by atoms with E-state index in [1.165, 1.54) is 6.07 Å². The molecular weight excluding hydrogens is 349 g/mol. The van der Waals surface area contributed by atoms with Gasteiger partial charge in [0.05, 0.1) is 24.0 Å². The fourth-order valence-corrected chi connectivity index (χ4v) is 2.70. The molecule has 0 radical (unpaired) electrons. The fraction of sp³-hybridized carbons (Fsp3) is 0.235. The second-order valence-corrected chi connectivity index (χ2v) is 5.81. The number of hydrogen-bond donors (Lipinski definition) is 1. The molecule has 22 heavy (non-hydrogen) atoms. The summed E-state index contributed by atoms with van der Waals surface area (Å²) in [5, 5.41) is 2.87. The standard InChI is InChI=1S/C17H17BrFNO2/c1-11(12-7-8-16(22-2)14(18)9-12)20-17(21)10-13-5-3-4-6-15(13)19/h3-9,11H,10H2,1-2H3,(H,20,21). The van der Waals surface area contributed by atoms with Crippen LogP contribution in [0.2, 0.25) is 0 Å². The van der Waals surface area contributed by atoms with Crippen molar-refractivity contribution >= 4 is 21.8 Å². The van der Waals surface area contributed by atoms with Crippen molar-refractivity contribution in [2.75, 3.05) is 7.11 Å². The van der Waals surface area contributed by atoms with E-state index in [4.69, 9.17) is 4.74 Å². The topological polar surface area (TPSA) is 38.3 Å². The molecule has 1 atom stereocenters. The molecule has 3 nitrogen and oxygen atoms in total. The first-order chi connectivity index (χ1) is 10.5. The third-order valence-corrected chi connectivity index (χ3v) is 3.98. The van der Waals surface area contributed by atoms with E-state index in [1.54, 1.807) is 25.3 Å². The van der Waals surface area contributed by atoms with Crippen molar-refractivity contribution in [1.82, 2.24) is 5.32 Å². The van der Waals surface area contributed by atoms with Gasteiger partial charge in [-0.25, -0.2) is 4.39 Å². The van der Waals surface area contributed by atoms with Crippen LogP contribution in [0.3, 0.4) is 0 Å². The van der Waals surface area contributed by atoms with Crippen molar-refractivity contribution in [3.63, 3.8) is 0 Å². The number of amides is 1. The van der Waals surface area contributed by atoms with Crippen LogP contribution in [0.5, 0.6) is 5.75 Å². The van der Waals surface area contributed by atoms with Gasteiger partial charge in [-0.1, -0.05) is 24.3 Å². The van der Waals surface area contributed by atoms with E-state index < -0.39 is 0 Å². The van der Waals surface area contributed by atoms with Gasteiger partial charge in [0.1, 0.15) is 11.6 Å². The van der Waals surface area contributed by atoms with Gasteiger partial charge in [-0.2, -0.15) is 0 Å². The fourth-order valence-electron chi connectivity index (χ4n) is 2.14. The molecule has 5 heteroatoms. The van der Waals surface area contributed by atoms with E-state index in [2.05, 4.69) is 21.2 Å². The van der Waals surface area contributed by atoms with Gasteiger partial charge >= 0.3 is 0 Å². The lowest BCUT2D eigenvalue weighted by Crippen LogP contribution is -2.28. The Morgan fingerprint density at radius 2 is 2.05 bits per heavy atom. The lowest BCUT2D eigenvalue weighted by atomic mass is 10.1. The summed E-state index contributed by atoms with van der Waals surface area (Å²) in [7, 11) is 1.60. The van der Waals surface area contributed by atoms with E-state index in [0.717, 1.165) is 15.8 Å². The molecule has 1 amide bonds. The summed E-state index contributed by atoms with van der Waals surface area (Å²) in [6.45, 7) is 1.88. The first kappa shape index (κ1) is 16.5. The normalized spacial score (nSPS) is 11.8. The van der Waals surface area contributed by atoms with Crippen molar-refractivity contribution in [2.45, 2.75) is 19.4 Å². The Bertz CT molecular complexity index is 675. The summed E-state index contributed by atoms with van der Waals surface area (Å²) in [4.78, 5) is 12.0. The van der Waals surface area contributed by atoms with Gasteiger partial charge in [-0.3, -0.25) is 4.79 Å². The largest absolute Gasteiger partial charge is 0.496 e. The number of hydrogen-bond acceptors (Lipinski definition) is 2. The second kappa shape index (κ2) is 7.40. The van der Waals surface area contributed by atoms with Crippen LogP contribution in [-0.4, -0.2) is 13.0 Å². The van der Waals surface area contributed by atoms with Crippen LogP contribution in [0.15, 0.2) is 46.9 Å². The Kier molecular flexibility index (Phi) is 5.55. The van der Waals surface area contributed by atoms with Crippen molar-refractivity contribution in [1.29, 1.82) is 0 Å². The summed E-state index contributed by atoms with van der Waals surface area (Å²) in [5.74, 6) is 0.149. The Morgan fingerprint density at radius 1 is 1.32 bits per heavy atom. The molecule has 0 aliphatic heterocycles. The van der Waals surface area contributed by atoms with Gasteiger partial charge in [0.15, 0.2) is 0 Å². The zero-order valence-corrected chi connectivity index (χ0v) is 14.0. The van der Waals surface area contributed by atoms with E-state index in [0.29, 0.717) is 5.56 Å². The second-order valence-electron chi connectivity index (χ2n) is 4.95. The molecule has 0 fully saturated rings. The summed E-state index contributed by atoms with van der Waals surface area (Å²) < 4.78 is 19.5. The van der Waals surface area contributed by atoms with E-state index in [1.807, 2.05) is 25.1 Å². The molecule has 0 aliphatic carbocycles. The van der Waals surface area contributed by atoms with Gasteiger partial charge in [0, 0.05) is 0 Å². The summed E-state index contributed by atoms with van der Waals surface area (Å²) in [5.41, 5.74) is 1.33. The van der Waals surface area contributed by atoms with E-state index in [9.17, 15) is 9.18 Å². The molecule has 0 aliphatic rings. The third-order valence-electron chi connectivity index (χ3n) is 3.36. The Hall–Kier alpha value is -1.88.